The Morgan fingerprint density at radius 1 is 1.10 bits per heavy atom. The van der Waals surface area contributed by atoms with Gasteiger partial charge in [-0.3, -0.25) is 9.59 Å². The SMILES string of the molecule is Cc1nc(COc2ccc(C(=O)Nc3cc(NC(=O)C4CC4)ccc3C)cc2)cs1. The van der Waals surface area contributed by atoms with E-state index >= 15 is 0 Å². The fourth-order valence-electron chi connectivity index (χ4n) is 2.95. The average Bonchev–Trinajstić information content (AvgIpc) is 3.51. The van der Waals surface area contributed by atoms with Crippen molar-refractivity contribution in [2.45, 2.75) is 33.3 Å². The summed E-state index contributed by atoms with van der Waals surface area (Å²) in [5.41, 5.74) is 3.70. The number of anilines is 2. The summed E-state index contributed by atoms with van der Waals surface area (Å²) in [5.74, 6) is 0.632. The Balaban J connectivity index is 1.37. The van der Waals surface area contributed by atoms with Crippen LogP contribution in [0.4, 0.5) is 11.4 Å². The van der Waals surface area contributed by atoms with Gasteiger partial charge in [-0.05, 0) is 68.7 Å². The number of nitrogens with zero attached hydrogens (tertiary/aromatic N) is 1. The number of thiazole rings is 1. The Morgan fingerprint density at radius 3 is 2.53 bits per heavy atom. The quantitative estimate of drug-likeness (QED) is 0.566. The van der Waals surface area contributed by atoms with Crippen molar-refractivity contribution in [2.24, 2.45) is 5.92 Å². The zero-order chi connectivity index (χ0) is 21.1. The van der Waals surface area contributed by atoms with Crippen molar-refractivity contribution >= 4 is 34.5 Å². The highest BCUT2D eigenvalue weighted by atomic mass is 32.1. The van der Waals surface area contributed by atoms with Crippen LogP contribution >= 0.6 is 11.3 Å². The number of hydrogen-bond acceptors (Lipinski definition) is 5. The van der Waals surface area contributed by atoms with Crippen LogP contribution in [0.1, 0.15) is 39.5 Å². The first kappa shape index (κ1) is 20.1. The van der Waals surface area contributed by atoms with E-state index in [1.165, 1.54) is 0 Å². The minimum atomic E-state index is -0.217. The van der Waals surface area contributed by atoms with E-state index in [2.05, 4.69) is 15.6 Å². The summed E-state index contributed by atoms with van der Waals surface area (Å²) in [6.07, 6.45) is 1.90. The number of aromatic nitrogens is 1. The molecule has 0 radical (unpaired) electrons. The molecule has 2 amide bonds. The molecule has 1 aromatic heterocycles. The lowest BCUT2D eigenvalue weighted by molar-refractivity contribution is -0.117. The van der Waals surface area contributed by atoms with Crippen molar-refractivity contribution in [2.75, 3.05) is 10.6 Å². The van der Waals surface area contributed by atoms with Gasteiger partial charge < -0.3 is 15.4 Å². The number of ether oxygens (including phenoxy) is 1. The van der Waals surface area contributed by atoms with Gasteiger partial charge in [0, 0.05) is 28.2 Å². The van der Waals surface area contributed by atoms with Gasteiger partial charge in [-0.25, -0.2) is 4.98 Å². The molecule has 30 heavy (non-hydrogen) atoms. The molecule has 0 saturated heterocycles. The third kappa shape index (κ3) is 5.04. The fourth-order valence-corrected chi connectivity index (χ4v) is 3.55. The van der Waals surface area contributed by atoms with Gasteiger partial charge in [0.25, 0.3) is 5.91 Å². The molecule has 0 unspecified atom stereocenters. The number of nitrogens with one attached hydrogen (secondary N) is 2. The summed E-state index contributed by atoms with van der Waals surface area (Å²) in [5, 5.41) is 8.81. The van der Waals surface area contributed by atoms with Crippen LogP contribution in [0, 0.1) is 19.8 Å². The number of carbonyl (C=O) groups is 2. The molecule has 6 nitrogen and oxygen atoms in total. The summed E-state index contributed by atoms with van der Waals surface area (Å²) in [4.78, 5) is 29.0. The Hall–Kier alpha value is -3.19. The van der Waals surface area contributed by atoms with E-state index < -0.39 is 0 Å². The van der Waals surface area contributed by atoms with Crippen molar-refractivity contribution in [3.63, 3.8) is 0 Å². The first-order chi connectivity index (χ1) is 14.5. The molecular formula is C23H23N3O3S. The molecule has 4 rings (SSSR count). The molecule has 1 saturated carbocycles. The Kier molecular flexibility index (Phi) is 5.81. The van der Waals surface area contributed by atoms with Crippen LogP contribution in [-0.2, 0) is 11.4 Å². The summed E-state index contributed by atoms with van der Waals surface area (Å²) < 4.78 is 5.73. The lowest BCUT2D eigenvalue weighted by Gasteiger charge is -2.12. The van der Waals surface area contributed by atoms with Crippen LogP contribution in [0.25, 0.3) is 0 Å². The van der Waals surface area contributed by atoms with Crippen molar-refractivity contribution < 1.29 is 14.3 Å². The molecular weight excluding hydrogens is 398 g/mol. The topological polar surface area (TPSA) is 80.3 Å². The predicted octanol–water partition coefficient (Wildman–Crippen LogP) is 4.94. The summed E-state index contributed by atoms with van der Waals surface area (Å²) >= 11 is 1.59. The van der Waals surface area contributed by atoms with Gasteiger partial charge in [0.1, 0.15) is 12.4 Å². The maximum atomic E-state index is 12.7. The number of rotatable bonds is 7. The van der Waals surface area contributed by atoms with Crippen molar-refractivity contribution in [3.05, 3.63) is 69.7 Å². The average molecular weight is 422 g/mol. The van der Waals surface area contributed by atoms with Crippen LogP contribution < -0.4 is 15.4 Å². The van der Waals surface area contributed by atoms with Crippen LogP contribution in [0.2, 0.25) is 0 Å². The Bertz CT molecular complexity index is 1070. The van der Waals surface area contributed by atoms with Gasteiger partial charge in [-0.2, -0.15) is 0 Å². The molecule has 1 fully saturated rings. The first-order valence-electron chi connectivity index (χ1n) is 9.84. The molecule has 2 aromatic carbocycles. The van der Waals surface area contributed by atoms with Gasteiger partial charge in [-0.1, -0.05) is 6.07 Å². The summed E-state index contributed by atoms with van der Waals surface area (Å²) in [7, 11) is 0. The van der Waals surface area contributed by atoms with E-state index in [0.29, 0.717) is 29.3 Å². The van der Waals surface area contributed by atoms with Crippen LogP contribution in [0.15, 0.2) is 47.8 Å². The second-order valence-electron chi connectivity index (χ2n) is 7.42. The number of hydrogen-bond donors (Lipinski definition) is 2. The van der Waals surface area contributed by atoms with Gasteiger partial charge in [0.2, 0.25) is 5.91 Å². The number of amides is 2. The van der Waals surface area contributed by atoms with Gasteiger partial charge in [0.05, 0.1) is 10.7 Å². The smallest absolute Gasteiger partial charge is 0.255 e. The molecule has 2 N–H and O–H groups in total. The predicted molar refractivity (Wildman–Crippen MR) is 118 cm³/mol. The Labute approximate surface area is 179 Å². The number of aryl methyl sites for hydroxylation is 2. The lowest BCUT2D eigenvalue weighted by atomic mass is 10.1. The fraction of sp³-hybridized carbons (Fsp3) is 0.261. The first-order valence-corrected chi connectivity index (χ1v) is 10.7. The largest absolute Gasteiger partial charge is 0.487 e. The maximum Gasteiger partial charge on any atom is 0.255 e. The molecule has 7 heteroatoms. The minimum Gasteiger partial charge on any atom is -0.487 e. The highest BCUT2D eigenvalue weighted by Gasteiger charge is 2.29. The van der Waals surface area contributed by atoms with E-state index in [1.807, 2.05) is 31.4 Å². The minimum absolute atomic E-state index is 0.0412. The molecule has 3 aromatic rings. The monoisotopic (exact) mass is 421 g/mol. The standard InChI is InChI=1S/C23H23N3O3S/c1-14-3-8-18(25-22(27)16-4-5-16)11-21(14)26-23(28)17-6-9-20(10-7-17)29-12-19-13-30-15(2)24-19/h3,6-11,13,16H,4-5,12H2,1-2H3,(H,25,27)(H,26,28). The normalized spacial score (nSPS) is 13.0. The molecule has 1 heterocycles. The summed E-state index contributed by atoms with van der Waals surface area (Å²) in [6, 6.07) is 12.5. The summed E-state index contributed by atoms with van der Waals surface area (Å²) in [6.45, 7) is 4.27. The van der Waals surface area contributed by atoms with Gasteiger partial charge in [0.15, 0.2) is 0 Å². The Morgan fingerprint density at radius 2 is 1.87 bits per heavy atom. The van der Waals surface area contributed by atoms with Crippen LogP contribution in [-0.4, -0.2) is 16.8 Å². The highest BCUT2D eigenvalue weighted by Crippen LogP contribution is 2.31. The molecule has 0 bridgehead atoms. The second kappa shape index (κ2) is 8.67. The van der Waals surface area contributed by atoms with Gasteiger partial charge in [-0.15, -0.1) is 11.3 Å². The number of benzene rings is 2. The van der Waals surface area contributed by atoms with E-state index in [-0.39, 0.29) is 17.7 Å². The molecule has 1 aliphatic carbocycles. The van der Waals surface area contributed by atoms with E-state index in [4.69, 9.17) is 4.74 Å². The third-order valence-corrected chi connectivity index (χ3v) is 5.69. The molecule has 1 aliphatic rings. The third-order valence-electron chi connectivity index (χ3n) is 4.87. The van der Waals surface area contributed by atoms with Crippen LogP contribution in [0.3, 0.4) is 0 Å². The lowest BCUT2D eigenvalue weighted by Crippen LogP contribution is -2.15. The number of carbonyl (C=O) groups excluding carboxylic acids is 2. The second-order valence-corrected chi connectivity index (χ2v) is 8.48. The molecule has 0 spiro atoms. The van der Waals surface area contributed by atoms with Crippen molar-refractivity contribution in [1.29, 1.82) is 0 Å². The van der Waals surface area contributed by atoms with Crippen LogP contribution in [0.5, 0.6) is 5.75 Å². The molecule has 154 valence electrons. The van der Waals surface area contributed by atoms with E-state index in [1.54, 1.807) is 41.7 Å². The van der Waals surface area contributed by atoms with Crippen molar-refractivity contribution in [3.8, 4) is 5.75 Å². The molecule has 0 aliphatic heterocycles. The maximum absolute atomic E-state index is 12.7. The van der Waals surface area contributed by atoms with E-state index in [9.17, 15) is 9.59 Å². The highest BCUT2D eigenvalue weighted by molar-refractivity contribution is 7.09. The zero-order valence-corrected chi connectivity index (χ0v) is 17.7. The molecule has 0 atom stereocenters. The van der Waals surface area contributed by atoms with Crippen molar-refractivity contribution in [1.82, 2.24) is 4.98 Å². The zero-order valence-electron chi connectivity index (χ0n) is 16.9. The van der Waals surface area contributed by atoms with E-state index in [0.717, 1.165) is 29.1 Å². The van der Waals surface area contributed by atoms with Gasteiger partial charge >= 0.3 is 0 Å².